The van der Waals surface area contributed by atoms with Gasteiger partial charge in [0.2, 0.25) is 12.7 Å². The van der Waals surface area contributed by atoms with Gasteiger partial charge in [-0.1, -0.05) is 23.8 Å². The lowest BCUT2D eigenvalue weighted by Gasteiger charge is -2.06. The fraction of sp³-hybridized carbons (Fsp3) is 0.238. The molecule has 4 rings (SSSR count). The van der Waals surface area contributed by atoms with Gasteiger partial charge in [-0.2, -0.15) is 0 Å². The summed E-state index contributed by atoms with van der Waals surface area (Å²) in [7, 11) is -3.69. The van der Waals surface area contributed by atoms with Crippen molar-refractivity contribution in [2.45, 2.75) is 31.2 Å². The van der Waals surface area contributed by atoms with Crippen LogP contribution in [0, 0.1) is 6.92 Å². The second kappa shape index (κ2) is 8.94. The molecule has 162 valence electrons. The van der Waals surface area contributed by atoms with Crippen molar-refractivity contribution in [3.63, 3.8) is 0 Å². The van der Waals surface area contributed by atoms with Crippen molar-refractivity contribution in [2.75, 3.05) is 11.5 Å². The van der Waals surface area contributed by atoms with Gasteiger partial charge in [0.1, 0.15) is 0 Å². The highest BCUT2D eigenvalue weighted by molar-refractivity contribution is 7.93. The summed E-state index contributed by atoms with van der Waals surface area (Å²) in [5, 5.41) is 4.88. The van der Waals surface area contributed by atoms with E-state index in [-0.39, 0.29) is 29.1 Å². The van der Waals surface area contributed by atoms with Crippen LogP contribution < -0.4 is 19.5 Å². The monoisotopic (exact) mass is 459 g/mol. The lowest BCUT2D eigenvalue weighted by molar-refractivity contribution is -0.121. The molecule has 2 heterocycles. The minimum Gasteiger partial charge on any atom is -0.454 e. The van der Waals surface area contributed by atoms with E-state index in [0.29, 0.717) is 30.2 Å². The van der Waals surface area contributed by atoms with E-state index in [2.05, 4.69) is 15.0 Å². The molecule has 3 aromatic rings. The van der Waals surface area contributed by atoms with Gasteiger partial charge in [-0.25, -0.2) is 13.4 Å². The van der Waals surface area contributed by atoms with Crippen molar-refractivity contribution >= 4 is 32.4 Å². The first-order valence-corrected chi connectivity index (χ1v) is 11.9. The van der Waals surface area contributed by atoms with Crippen molar-refractivity contribution < 1.29 is 22.7 Å². The molecule has 0 spiro atoms. The van der Waals surface area contributed by atoms with Crippen molar-refractivity contribution in [1.29, 1.82) is 0 Å². The average molecular weight is 460 g/mol. The van der Waals surface area contributed by atoms with Crippen LogP contribution in [0.1, 0.15) is 23.2 Å². The molecule has 31 heavy (non-hydrogen) atoms. The maximum atomic E-state index is 12.5. The Bertz CT molecular complexity index is 1190. The minimum atomic E-state index is -3.69. The first kappa shape index (κ1) is 21.1. The largest absolute Gasteiger partial charge is 0.454 e. The number of amides is 1. The van der Waals surface area contributed by atoms with Crippen LogP contribution in [0.25, 0.3) is 0 Å². The number of aryl methyl sites for hydroxylation is 2. The summed E-state index contributed by atoms with van der Waals surface area (Å²) in [6.07, 6.45) is 0.661. The number of benzene rings is 2. The van der Waals surface area contributed by atoms with E-state index in [9.17, 15) is 13.2 Å². The van der Waals surface area contributed by atoms with Crippen LogP contribution in [0.4, 0.5) is 5.13 Å². The summed E-state index contributed by atoms with van der Waals surface area (Å²) in [6, 6.07) is 12.1. The summed E-state index contributed by atoms with van der Waals surface area (Å²) in [4.78, 5) is 16.6. The van der Waals surface area contributed by atoms with E-state index in [4.69, 9.17) is 9.47 Å². The number of ether oxygens (including phenoxy) is 2. The highest BCUT2D eigenvalue weighted by Gasteiger charge is 2.17. The van der Waals surface area contributed by atoms with E-state index in [1.807, 2.05) is 25.1 Å². The SMILES string of the molecule is Cc1ccc(S(=O)(=O)Nc2nc(CCC(=O)NCc3ccc4c(c3)OCO4)cs2)cc1. The van der Waals surface area contributed by atoms with Crippen LogP contribution >= 0.6 is 11.3 Å². The lowest BCUT2D eigenvalue weighted by atomic mass is 10.2. The predicted octanol–water partition coefficient (Wildman–Crippen LogP) is 3.23. The second-order valence-corrected chi connectivity index (χ2v) is 9.57. The molecular formula is C21H21N3O5S2. The van der Waals surface area contributed by atoms with Crippen LogP contribution in [0.3, 0.4) is 0 Å². The molecular weight excluding hydrogens is 438 g/mol. The van der Waals surface area contributed by atoms with E-state index in [0.717, 1.165) is 11.1 Å². The molecule has 0 bridgehead atoms. The lowest BCUT2D eigenvalue weighted by Crippen LogP contribution is -2.23. The van der Waals surface area contributed by atoms with E-state index >= 15 is 0 Å². The Labute approximate surface area is 184 Å². The molecule has 0 aliphatic carbocycles. The standard InChI is InChI=1S/C21H21N3O5S2/c1-14-2-6-17(7-3-14)31(26,27)24-21-23-16(12-30-21)5-9-20(25)22-11-15-4-8-18-19(10-15)29-13-28-18/h2-4,6-8,10,12H,5,9,11,13H2,1H3,(H,22,25)(H,23,24). The van der Waals surface area contributed by atoms with Gasteiger partial charge in [-0.15, -0.1) is 11.3 Å². The molecule has 0 unspecified atom stereocenters. The molecule has 2 N–H and O–H groups in total. The topological polar surface area (TPSA) is 107 Å². The molecule has 0 fully saturated rings. The third-order valence-electron chi connectivity index (χ3n) is 4.64. The Balaban J connectivity index is 1.27. The molecule has 1 amide bonds. The first-order chi connectivity index (χ1) is 14.9. The number of rotatable bonds is 8. The maximum absolute atomic E-state index is 12.5. The fourth-order valence-electron chi connectivity index (χ4n) is 2.94. The zero-order valence-electron chi connectivity index (χ0n) is 16.8. The molecule has 0 radical (unpaired) electrons. The molecule has 1 aliphatic heterocycles. The summed E-state index contributed by atoms with van der Waals surface area (Å²) in [5.41, 5.74) is 2.55. The van der Waals surface area contributed by atoms with Gasteiger partial charge in [0.25, 0.3) is 10.0 Å². The number of hydrogen-bond acceptors (Lipinski definition) is 7. The van der Waals surface area contributed by atoms with Crippen molar-refractivity contribution in [3.8, 4) is 11.5 Å². The molecule has 0 saturated carbocycles. The number of anilines is 1. The molecule has 10 heteroatoms. The Kier molecular flexibility index (Phi) is 6.10. The Morgan fingerprint density at radius 3 is 2.71 bits per heavy atom. The molecule has 0 atom stereocenters. The normalized spacial score (nSPS) is 12.5. The van der Waals surface area contributed by atoms with E-state index in [1.54, 1.807) is 29.6 Å². The molecule has 0 saturated heterocycles. The second-order valence-electron chi connectivity index (χ2n) is 7.03. The summed E-state index contributed by atoms with van der Waals surface area (Å²) >= 11 is 1.19. The number of carbonyl (C=O) groups is 1. The van der Waals surface area contributed by atoms with Gasteiger partial charge in [0.05, 0.1) is 10.6 Å². The number of nitrogens with zero attached hydrogens (tertiary/aromatic N) is 1. The van der Waals surface area contributed by atoms with Gasteiger partial charge < -0.3 is 14.8 Å². The number of fused-ring (bicyclic) bond motifs is 1. The Morgan fingerprint density at radius 2 is 1.90 bits per heavy atom. The summed E-state index contributed by atoms with van der Waals surface area (Å²) in [5.74, 6) is 1.26. The maximum Gasteiger partial charge on any atom is 0.263 e. The highest BCUT2D eigenvalue weighted by atomic mass is 32.2. The van der Waals surface area contributed by atoms with Crippen LogP contribution in [0.5, 0.6) is 11.5 Å². The number of aromatic nitrogens is 1. The number of thiazole rings is 1. The minimum absolute atomic E-state index is 0.118. The van der Waals surface area contributed by atoms with Crippen molar-refractivity contribution in [2.24, 2.45) is 0 Å². The smallest absolute Gasteiger partial charge is 0.263 e. The molecule has 2 aromatic carbocycles. The Morgan fingerprint density at radius 1 is 1.13 bits per heavy atom. The number of carbonyl (C=O) groups excluding carboxylic acids is 1. The van der Waals surface area contributed by atoms with Gasteiger partial charge in [-0.3, -0.25) is 9.52 Å². The third kappa shape index (κ3) is 5.33. The van der Waals surface area contributed by atoms with E-state index in [1.165, 1.54) is 11.3 Å². The third-order valence-corrected chi connectivity index (χ3v) is 6.93. The predicted molar refractivity (Wildman–Crippen MR) is 117 cm³/mol. The summed E-state index contributed by atoms with van der Waals surface area (Å²) < 4.78 is 38.0. The highest BCUT2D eigenvalue weighted by Crippen LogP contribution is 2.32. The van der Waals surface area contributed by atoms with Crippen molar-refractivity contribution in [3.05, 3.63) is 64.7 Å². The van der Waals surface area contributed by atoms with Gasteiger partial charge in [0.15, 0.2) is 16.6 Å². The zero-order chi connectivity index (χ0) is 21.8. The fourth-order valence-corrected chi connectivity index (χ4v) is 4.94. The van der Waals surface area contributed by atoms with Crippen molar-refractivity contribution in [1.82, 2.24) is 10.3 Å². The van der Waals surface area contributed by atoms with Crippen LogP contribution in [-0.2, 0) is 27.8 Å². The number of nitrogens with one attached hydrogen (secondary N) is 2. The summed E-state index contributed by atoms with van der Waals surface area (Å²) in [6.45, 7) is 2.48. The van der Waals surface area contributed by atoms with Crippen LogP contribution in [0.15, 0.2) is 52.7 Å². The molecule has 8 nitrogen and oxygen atoms in total. The molecule has 1 aliphatic rings. The quantitative estimate of drug-likeness (QED) is 0.536. The van der Waals surface area contributed by atoms with Crippen LogP contribution in [0.2, 0.25) is 0 Å². The van der Waals surface area contributed by atoms with Gasteiger partial charge in [-0.05, 0) is 43.2 Å². The van der Waals surface area contributed by atoms with E-state index < -0.39 is 10.0 Å². The van der Waals surface area contributed by atoms with Gasteiger partial charge in [0, 0.05) is 18.3 Å². The first-order valence-electron chi connectivity index (χ1n) is 9.58. The number of sulfonamides is 1. The average Bonchev–Trinajstić information content (AvgIpc) is 3.39. The number of hydrogen-bond donors (Lipinski definition) is 2. The molecule has 1 aromatic heterocycles. The van der Waals surface area contributed by atoms with Gasteiger partial charge >= 0.3 is 0 Å². The zero-order valence-corrected chi connectivity index (χ0v) is 18.4. The van der Waals surface area contributed by atoms with Crippen LogP contribution in [-0.4, -0.2) is 26.1 Å². The Hall–Kier alpha value is -3.11.